The number of benzene rings is 1. The normalized spacial score (nSPS) is 10.3. The fourth-order valence-electron chi connectivity index (χ4n) is 2.42. The lowest BCUT2D eigenvalue weighted by Crippen LogP contribution is -2.21. The Balaban J connectivity index is 1.60. The number of aromatic nitrogens is 2. The summed E-state index contributed by atoms with van der Waals surface area (Å²) in [4.78, 5) is 32.7. The lowest BCUT2D eigenvalue weighted by Gasteiger charge is -2.09. The largest absolute Gasteiger partial charge is 0.355 e. The quantitative estimate of drug-likeness (QED) is 0.702. The fourth-order valence-corrected chi connectivity index (χ4v) is 3.27. The van der Waals surface area contributed by atoms with E-state index in [2.05, 4.69) is 20.6 Å². The van der Waals surface area contributed by atoms with Crippen LogP contribution in [0.4, 0.5) is 5.69 Å². The van der Waals surface area contributed by atoms with E-state index in [1.807, 2.05) is 17.5 Å². The maximum absolute atomic E-state index is 12.2. The third-order valence-corrected chi connectivity index (χ3v) is 4.68. The molecule has 3 rings (SSSR count). The molecule has 26 heavy (non-hydrogen) atoms. The molecule has 6 nitrogen and oxygen atoms in total. The van der Waals surface area contributed by atoms with E-state index in [1.165, 1.54) is 11.3 Å². The van der Waals surface area contributed by atoms with E-state index in [9.17, 15) is 9.59 Å². The Morgan fingerprint density at radius 3 is 2.77 bits per heavy atom. The van der Waals surface area contributed by atoms with E-state index < -0.39 is 0 Å². The van der Waals surface area contributed by atoms with Crippen LogP contribution in [-0.4, -0.2) is 28.8 Å². The van der Waals surface area contributed by atoms with Gasteiger partial charge in [-0.15, -0.1) is 11.3 Å². The number of carbonyl (C=O) groups excluding carboxylic acids is 2. The van der Waals surface area contributed by atoms with Gasteiger partial charge in [-0.05, 0) is 30.7 Å². The Morgan fingerprint density at radius 1 is 1.15 bits per heavy atom. The van der Waals surface area contributed by atoms with Crippen LogP contribution in [0.15, 0.2) is 54.2 Å². The number of hydrogen-bond donors (Lipinski definition) is 2. The van der Waals surface area contributed by atoms with Gasteiger partial charge in [0.25, 0.3) is 5.91 Å². The number of rotatable bonds is 6. The van der Waals surface area contributed by atoms with Crippen molar-refractivity contribution >= 4 is 28.8 Å². The highest BCUT2D eigenvalue weighted by molar-refractivity contribution is 7.13. The molecule has 0 radical (unpaired) electrons. The van der Waals surface area contributed by atoms with Crippen molar-refractivity contribution in [3.05, 3.63) is 65.4 Å². The molecular formula is C19H18N4O2S. The Kier molecular flexibility index (Phi) is 5.70. The summed E-state index contributed by atoms with van der Waals surface area (Å²) in [6.45, 7) is 0. The average molecular weight is 366 g/mol. The topological polar surface area (TPSA) is 84.0 Å². The minimum Gasteiger partial charge on any atom is -0.355 e. The van der Waals surface area contributed by atoms with Gasteiger partial charge in [0.05, 0.1) is 16.9 Å². The highest BCUT2D eigenvalue weighted by atomic mass is 32.1. The second-order valence-corrected chi connectivity index (χ2v) is 6.42. The van der Waals surface area contributed by atoms with Crippen LogP contribution in [0, 0.1) is 0 Å². The lowest BCUT2D eigenvalue weighted by atomic mass is 10.1. The highest BCUT2D eigenvalue weighted by Gasteiger charge is 2.12. The van der Waals surface area contributed by atoms with E-state index in [0.29, 0.717) is 17.7 Å². The summed E-state index contributed by atoms with van der Waals surface area (Å²) in [5.41, 5.74) is 2.78. The molecule has 0 saturated carbocycles. The molecule has 132 valence electrons. The molecule has 1 aromatic carbocycles. The molecule has 0 unspecified atom stereocenters. The maximum Gasteiger partial charge on any atom is 0.253 e. The van der Waals surface area contributed by atoms with Crippen LogP contribution in [0.2, 0.25) is 0 Å². The minimum atomic E-state index is -0.235. The number of para-hydroxylation sites is 1. The Morgan fingerprint density at radius 2 is 2.00 bits per heavy atom. The van der Waals surface area contributed by atoms with Gasteiger partial charge in [-0.2, -0.15) is 0 Å². The molecule has 0 saturated heterocycles. The predicted octanol–water partition coefficient (Wildman–Crippen LogP) is 3.14. The molecule has 2 amide bonds. The first-order valence-electron chi connectivity index (χ1n) is 8.13. The molecule has 0 aliphatic heterocycles. The van der Waals surface area contributed by atoms with E-state index in [4.69, 9.17) is 0 Å². The summed E-state index contributed by atoms with van der Waals surface area (Å²) < 4.78 is 0. The highest BCUT2D eigenvalue weighted by Crippen LogP contribution is 2.23. The molecule has 0 atom stereocenters. The third kappa shape index (κ3) is 4.31. The summed E-state index contributed by atoms with van der Waals surface area (Å²) >= 11 is 1.53. The number of pyridine rings is 1. The van der Waals surface area contributed by atoms with Gasteiger partial charge in [0.15, 0.2) is 0 Å². The molecule has 0 bridgehead atoms. The lowest BCUT2D eigenvalue weighted by molar-refractivity contribution is -0.116. The number of nitrogens with zero attached hydrogens (tertiary/aromatic N) is 2. The van der Waals surface area contributed by atoms with Gasteiger partial charge in [0.2, 0.25) is 5.91 Å². The van der Waals surface area contributed by atoms with Crippen LogP contribution in [0.5, 0.6) is 0 Å². The number of anilines is 1. The Hall–Kier alpha value is -3.06. The van der Waals surface area contributed by atoms with Crippen LogP contribution < -0.4 is 10.6 Å². The number of nitrogens with one attached hydrogen (secondary N) is 2. The van der Waals surface area contributed by atoms with Crippen molar-refractivity contribution in [1.29, 1.82) is 0 Å². The van der Waals surface area contributed by atoms with Gasteiger partial charge in [-0.25, -0.2) is 4.98 Å². The van der Waals surface area contributed by atoms with Gasteiger partial charge >= 0.3 is 0 Å². The van der Waals surface area contributed by atoms with Crippen molar-refractivity contribution in [3.8, 4) is 10.6 Å². The summed E-state index contributed by atoms with van der Waals surface area (Å²) in [7, 11) is 1.56. The SMILES string of the molecule is CNC(=O)c1ccccc1NC(=O)CCc1csc(-c2cccnc2)n1. The standard InChI is InChI=1S/C19H18N4O2S/c1-20-18(25)15-6-2-3-7-16(15)23-17(24)9-8-14-12-26-19(22-14)13-5-4-10-21-11-13/h2-7,10-12H,8-9H2,1H3,(H,20,25)(H,23,24). The number of hydrogen-bond acceptors (Lipinski definition) is 5. The summed E-state index contributed by atoms with van der Waals surface area (Å²) in [5.74, 6) is -0.390. The maximum atomic E-state index is 12.2. The number of carbonyl (C=O) groups is 2. The van der Waals surface area contributed by atoms with Crippen molar-refractivity contribution in [2.24, 2.45) is 0 Å². The zero-order valence-corrected chi connectivity index (χ0v) is 15.0. The van der Waals surface area contributed by atoms with Crippen molar-refractivity contribution in [2.75, 3.05) is 12.4 Å². The predicted molar refractivity (Wildman–Crippen MR) is 102 cm³/mol. The smallest absolute Gasteiger partial charge is 0.253 e. The molecule has 0 aliphatic rings. The molecule has 2 heterocycles. The van der Waals surface area contributed by atoms with E-state index >= 15 is 0 Å². The van der Waals surface area contributed by atoms with Crippen LogP contribution in [0.25, 0.3) is 10.6 Å². The summed E-state index contributed by atoms with van der Waals surface area (Å²) in [5, 5.41) is 8.21. The molecule has 2 aromatic heterocycles. The monoisotopic (exact) mass is 366 g/mol. The van der Waals surface area contributed by atoms with Gasteiger partial charge in [-0.1, -0.05) is 12.1 Å². The summed E-state index contributed by atoms with van der Waals surface area (Å²) in [6.07, 6.45) is 4.31. The van der Waals surface area contributed by atoms with Gasteiger partial charge in [0, 0.05) is 36.8 Å². The number of aryl methyl sites for hydroxylation is 1. The van der Waals surface area contributed by atoms with Crippen LogP contribution in [-0.2, 0) is 11.2 Å². The zero-order valence-electron chi connectivity index (χ0n) is 14.2. The number of amides is 2. The molecule has 0 spiro atoms. The molecule has 2 N–H and O–H groups in total. The van der Waals surface area contributed by atoms with Gasteiger partial charge < -0.3 is 10.6 Å². The van der Waals surface area contributed by atoms with Crippen LogP contribution in [0.3, 0.4) is 0 Å². The Labute approximate surface area is 155 Å². The number of thiazole rings is 1. The molecular weight excluding hydrogens is 348 g/mol. The molecule has 7 heteroatoms. The van der Waals surface area contributed by atoms with E-state index in [-0.39, 0.29) is 18.2 Å². The van der Waals surface area contributed by atoms with Crippen molar-refractivity contribution in [1.82, 2.24) is 15.3 Å². The minimum absolute atomic E-state index is 0.155. The average Bonchev–Trinajstić information content (AvgIpc) is 3.16. The van der Waals surface area contributed by atoms with Gasteiger partial charge in [-0.3, -0.25) is 14.6 Å². The second kappa shape index (κ2) is 8.35. The van der Waals surface area contributed by atoms with Crippen LogP contribution in [0.1, 0.15) is 22.5 Å². The third-order valence-electron chi connectivity index (χ3n) is 3.74. The molecule has 0 aliphatic carbocycles. The van der Waals surface area contributed by atoms with E-state index in [0.717, 1.165) is 16.3 Å². The fraction of sp³-hybridized carbons (Fsp3) is 0.158. The summed E-state index contributed by atoms with van der Waals surface area (Å²) in [6, 6.07) is 10.8. The molecule has 3 aromatic rings. The van der Waals surface area contributed by atoms with Crippen molar-refractivity contribution in [2.45, 2.75) is 12.8 Å². The van der Waals surface area contributed by atoms with Crippen LogP contribution >= 0.6 is 11.3 Å². The zero-order chi connectivity index (χ0) is 18.4. The molecule has 0 fully saturated rings. The van der Waals surface area contributed by atoms with Gasteiger partial charge in [0.1, 0.15) is 5.01 Å². The van der Waals surface area contributed by atoms with Crippen molar-refractivity contribution < 1.29 is 9.59 Å². The van der Waals surface area contributed by atoms with E-state index in [1.54, 1.807) is 43.7 Å². The second-order valence-electron chi connectivity index (χ2n) is 5.56. The first-order chi connectivity index (χ1) is 12.7. The van der Waals surface area contributed by atoms with Crippen molar-refractivity contribution in [3.63, 3.8) is 0 Å². The Bertz CT molecular complexity index is 909. The first-order valence-corrected chi connectivity index (χ1v) is 9.01. The first kappa shape index (κ1) is 17.8.